The molecule has 1 aliphatic carbocycles. The zero-order valence-corrected chi connectivity index (χ0v) is 14.6. The second kappa shape index (κ2) is 5.83. The molecule has 1 fully saturated rings. The van der Waals surface area contributed by atoms with Crippen molar-refractivity contribution >= 4 is 16.2 Å². The average molecular weight is 389 g/mol. The molecule has 10 heteroatoms. The first kappa shape index (κ1) is 16.3. The van der Waals surface area contributed by atoms with E-state index in [9.17, 15) is 19.0 Å². The van der Waals surface area contributed by atoms with Crippen molar-refractivity contribution in [2.45, 2.75) is 24.9 Å². The highest BCUT2D eigenvalue weighted by Gasteiger charge is 2.33. The predicted molar refractivity (Wildman–Crippen MR) is 92.0 cm³/mol. The molecule has 1 atom stereocenters. The largest absolute Gasteiger partial charge is 0.503 e. The standard InChI is InChI=1S/C17H13F2N5O2S/c18-10-3-9(4-11(19)15(10)25)24-6-12(21-22-24)16(26)14-17(8-1-2-8)27-13-5-20-7-23(13)14/h3-8,16,25-26H,1-2H2. The summed E-state index contributed by atoms with van der Waals surface area (Å²) in [6, 6.07) is 1.88. The Balaban J connectivity index is 1.55. The summed E-state index contributed by atoms with van der Waals surface area (Å²) < 4.78 is 30.2. The molecule has 138 valence electrons. The Labute approximate surface area is 155 Å². The van der Waals surface area contributed by atoms with Crippen molar-refractivity contribution < 1.29 is 19.0 Å². The molecular formula is C17H13F2N5O2S. The maximum Gasteiger partial charge on any atom is 0.187 e. The van der Waals surface area contributed by atoms with Crippen molar-refractivity contribution in [3.8, 4) is 11.4 Å². The second-order valence-electron chi connectivity index (χ2n) is 6.48. The summed E-state index contributed by atoms with van der Waals surface area (Å²) >= 11 is 1.59. The summed E-state index contributed by atoms with van der Waals surface area (Å²) in [6.45, 7) is 0. The Hall–Kier alpha value is -2.85. The molecule has 3 heterocycles. The quantitative estimate of drug-likeness (QED) is 0.560. The van der Waals surface area contributed by atoms with Crippen molar-refractivity contribution in [1.29, 1.82) is 0 Å². The molecule has 27 heavy (non-hydrogen) atoms. The van der Waals surface area contributed by atoms with E-state index >= 15 is 0 Å². The number of aliphatic hydroxyl groups is 1. The van der Waals surface area contributed by atoms with Gasteiger partial charge in [-0.25, -0.2) is 18.4 Å². The van der Waals surface area contributed by atoms with Gasteiger partial charge in [-0.1, -0.05) is 5.21 Å². The lowest BCUT2D eigenvalue weighted by Crippen LogP contribution is -2.06. The van der Waals surface area contributed by atoms with Crippen LogP contribution in [0.1, 0.15) is 41.1 Å². The second-order valence-corrected chi connectivity index (χ2v) is 7.54. The van der Waals surface area contributed by atoms with Crippen molar-refractivity contribution in [2.24, 2.45) is 0 Å². The molecule has 5 rings (SSSR count). The Morgan fingerprint density at radius 2 is 1.96 bits per heavy atom. The lowest BCUT2D eigenvalue weighted by atomic mass is 10.1. The van der Waals surface area contributed by atoms with Crippen LogP contribution in [0.4, 0.5) is 8.78 Å². The molecule has 0 aliphatic heterocycles. The normalized spacial score (nSPS) is 15.5. The minimum Gasteiger partial charge on any atom is -0.503 e. The first-order valence-electron chi connectivity index (χ1n) is 8.26. The summed E-state index contributed by atoms with van der Waals surface area (Å²) in [5, 5.41) is 28.0. The van der Waals surface area contributed by atoms with E-state index in [4.69, 9.17) is 0 Å². The van der Waals surface area contributed by atoms with E-state index in [1.54, 1.807) is 23.9 Å². The summed E-state index contributed by atoms with van der Waals surface area (Å²) in [7, 11) is 0. The summed E-state index contributed by atoms with van der Waals surface area (Å²) in [4.78, 5) is 6.14. The van der Waals surface area contributed by atoms with Gasteiger partial charge in [0.2, 0.25) is 0 Å². The predicted octanol–water partition coefficient (Wildman–Crippen LogP) is 2.92. The number of aliphatic hydroxyl groups excluding tert-OH is 1. The van der Waals surface area contributed by atoms with Crippen molar-refractivity contribution in [2.75, 3.05) is 0 Å². The molecule has 1 saturated carbocycles. The fourth-order valence-corrected chi connectivity index (χ4v) is 4.38. The minimum atomic E-state index is -1.10. The smallest absolute Gasteiger partial charge is 0.187 e. The van der Waals surface area contributed by atoms with Crippen LogP contribution in [0.3, 0.4) is 0 Å². The molecule has 4 aromatic rings. The molecule has 0 radical (unpaired) electrons. The van der Waals surface area contributed by atoms with Gasteiger partial charge < -0.3 is 10.2 Å². The third kappa shape index (κ3) is 2.60. The number of halogens is 2. The summed E-state index contributed by atoms with van der Waals surface area (Å²) in [6.07, 6.45) is 5.90. The van der Waals surface area contributed by atoms with Gasteiger partial charge >= 0.3 is 0 Å². The molecule has 0 saturated heterocycles. The zero-order chi connectivity index (χ0) is 18.7. The van der Waals surface area contributed by atoms with Gasteiger partial charge in [-0.05, 0) is 18.8 Å². The monoisotopic (exact) mass is 389 g/mol. The highest BCUT2D eigenvalue weighted by molar-refractivity contribution is 7.17. The van der Waals surface area contributed by atoms with Gasteiger partial charge in [0.15, 0.2) is 17.4 Å². The van der Waals surface area contributed by atoms with Crippen LogP contribution in [-0.4, -0.2) is 34.6 Å². The molecule has 0 amide bonds. The van der Waals surface area contributed by atoms with Crippen LogP contribution < -0.4 is 0 Å². The number of aromatic hydroxyl groups is 1. The number of benzene rings is 1. The van der Waals surface area contributed by atoms with Gasteiger partial charge in [0.1, 0.15) is 23.0 Å². The molecule has 0 spiro atoms. The molecule has 0 bridgehead atoms. The van der Waals surface area contributed by atoms with Gasteiger partial charge in [-0.3, -0.25) is 4.40 Å². The van der Waals surface area contributed by atoms with Crippen LogP contribution in [0.2, 0.25) is 0 Å². The average Bonchev–Trinajstić information content (AvgIpc) is 3.07. The molecule has 2 N–H and O–H groups in total. The first-order valence-corrected chi connectivity index (χ1v) is 9.08. The minimum absolute atomic E-state index is 0.0502. The fraction of sp³-hybridized carbons (Fsp3) is 0.235. The number of imidazole rings is 1. The van der Waals surface area contributed by atoms with Gasteiger partial charge in [0.25, 0.3) is 0 Å². The number of rotatable bonds is 4. The van der Waals surface area contributed by atoms with Crippen molar-refractivity contribution in [3.05, 3.63) is 58.8 Å². The number of phenols is 1. The molecule has 7 nitrogen and oxygen atoms in total. The number of hydrogen-bond acceptors (Lipinski definition) is 6. The summed E-state index contributed by atoms with van der Waals surface area (Å²) in [5.74, 6) is -2.82. The highest BCUT2D eigenvalue weighted by Crippen LogP contribution is 2.47. The van der Waals surface area contributed by atoms with Crippen molar-refractivity contribution in [3.63, 3.8) is 0 Å². The first-order chi connectivity index (χ1) is 13.0. The van der Waals surface area contributed by atoms with Gasteiger partial charge in [0, 0.05) is 17.0 Å². The highest BCUT2D eigenvalue weighted by atomic mass is 32.1. The van der Waals surface area contributed by atoms with E-state index < -0.39 is 23.5 Å². The SMILES string of the molecule is Oc1c(F)cc(-n2cc(C(O)c3c(C4CC4)sc4cncn34)nn2)cc1F. The number of thiazole rings is 1. The molecule has 1 aliphatic rings. The fourth-order valence-electron chi connectivity index (χ4n) is 3.08. The number of hydrogen-bond donors (Lipinski definition) is 2. The van der Waals surface area contributed by atoms with Crippen LogP contribution >= 0.6 is 11.3 Å². The van der Waals surface area contributed by atoms with Gasteiger partial charge in [-0.2, -0.15) is 0 Å². The van der Waals surface area contributed by atoms with E-state index in [1.165, 1.54) is 6.20 Å². The van der Waals surface area contributed by atoms with Crippen LogP contribution in [0, 0.1) is 11.6 Å². The number of phenolic OH excluding ortho intramolecular Hbond substituents is 1. The van der Waals surface area contributed by atoms with Crippen LogP contribution in [0.5, 0.6) is 5.75 Å². The van der Waals surface area contributed by atoms with Crippen LogP contribution in [0.15, 0.2) is 30.9 Å². The Kier molecular flexibility index (Phi) is 3.52. The van der Waals surface area contributed by atoms with Crippen LogP contribution in [0.25, 0.3) is 10.5 Å². The molecule has 1 aromatic carbocycles. The van der Waals surface area contributed by atoms with E-state index in [0.29, 0.717) is 11.6 Å². The summed E-state index contributed by atoms with van der Waals surface area (Å²) in [5.41, 5.74) is 0.999. The van der Waals surface area contributed by atoms with E-state index in [1.807, 2.05) is 4.40 Å². The maximum absolute atomic E-state index is 13.6. The van der Waals surface area contributed by atoms with E-state index in [-0.39, 0.29) is 11.4 Å². The van der Waals surface area contributed by atoms with Gasteiger partial charge in [0.05, 0.1) is 23.8 Å². The molecular weight excluding hydrogens is 376 g/mol. The van der Waals surface area contributed by atoms with Crippen LogP contribution in [-0.2, 0) is 0 Å². The number of nitrogens with zero attached hydrogens (tertiary/aromatic N) is 5. The number of aromatic nitrogens is 5. The number of fused-ring (bicyclic) bond motifs is 1. The lowest BCUT2D eigenvalue weighted by molar-refractivity contribution is 0.208. The lowest BCUT2D eigenvalue weighted by Gasteiger charge is -2.09. The zero-order valence-electron chi connectivity index (χ0n) is 13.8. The van der Waals surface area contributed by atoms with Gasteiger partial charge in [-0.15, -0.1) is 16.4 Å². The third-order valence-electron chi connectivity index (χ3n) is 4.60. The van der Waals surface area contributed by atoms with E-state index in [0.717, 1.165) is 39.4 Å². The molecule has 3 aromatic heterocycles. The Morgan fingerprint density at radius 3 is 2.67 bits per heavy atom. The Morgan fingerprint density at radius 1 is 1.22 bits per heavy atom. The maximum atomic E-state index is 13.6. The Bertz CT molecular complexity index is 1140. The van der Waals surface area contributed by atoms with E-state index in [2.05, 4.69) is 15.3 Å². The van der Waals surface area contributed by atoms with Crippen molar-refractivity contribution in [1.82, 2.24) is 24.4 Å². The third-order valence-corrected chi connectivity index (χ3v) is 5.87. The topological polar surface area (TPSA) is 88.5 Å². The molecule has 1 unspecified atom stereocenters.